The SMILES string of the molecule is COc1cc(C=C2SC(=O)NC2=O)c(N2CC[C@@H](NCCCN)C2)cc1OC. The van der Waals surface area contributed by atoms with Crippen LogP contribution in [-0.4, -0.2) is 57.6 Å². The molecule has 1 aromatic rings. The molecule has 0 saturated carbocycles. The lowest BCUT2D eigenvalue weighted by Gasteiger charge is -2.23. The Morgan fingerprint density at radius 2 is 2.07 bits per heavy atom. The van der Waals surface area contributed by atoms with Crippen LogP contribution in [0.15, 0.2) is 17.0 Å². The van der Waals surface area contributed by atoms with Crippen LogP contribution in [-0.2, 0) is 4.79 Å². The zero-order chi connectivity index (χ0) is 20.1. The van der Waals surface area contributed by atoms with Gasteiger partial charge >= 0.3 is 0 Å². The lowest BCUT2D eigenvalue weighted by molar-refractivity contribution is -0.115. The van der Waals surface area contributed by atoms with Crippen molar-refractivity contribution in [3.8, 4) is 11.5 Å². The minimum atomic E-state index is -0.376. The Balaban J connectivity index is 1.90. The van der Waals surface area contributed by atoms with Gasteiger partial charge in [0.25, 0.3) is 11.1 Å². The van der Waals surface area contributed by atoms with E-state index in [9.17, 15) is 9.59 Å². The van der Waals surface area contributed by atoms with Crippen molar-refractivity contribution in [1.82, 2.24) is 10.6 Å². The third-order valence-corrected chi connectivity index (χ3v) is 5.61. The molecule has 9 heteroatoms. The summed E-state index contributed by atoms with van der Waals surface area (Å²) in [5.74, 6) is 0.821. The molecule has 1 aromatic carbocycles. The monoisotopic (exact) mass is 406 g/mol. The van der Waals surface area contributed by atoms with Crippen LogP contribution in [0.3, 0.4) is 0 Å². The van der Waals surface area contributed by atoms with E-state index < -0.39 is 0 Å². The quantitative estimate of drug-likeness (QED) is 0.441. The second-order valence-electron chi connectivity index (χ2n) is 6.65. The zero-order valence-corrected chi connectivity index (χ0v) is 16.9. The summed E-state index contributed by atoms with van der Waals surface area (Å²) in [6.45, 7) is 3.30. The lowest BCUT2D eigenvalue weighted by atomic mass is 10.1. The number of ether oxygens (including phenoxy) is 2. The molecule has 152 valence electrons. The summed E-state index contributed by atoms with van der Waals surface area (Å²) in [5, 5.41) is 5.47. The van der Waals surface area contributed by atoms with Crippen LogP contribution >= 0.6 is 11.8 Å². The number of hydrogen-bond donors (Lipinski definition) is 3. The number of imide groups is 1. The molecule has 2 aliphatic heterocycles. The molecular formula is C19H26N4O4S. The minimum Gasteiger partial charge on any atom is -0.493 e. The summed E-state index contributed by atoms with van der Waals surface area (Å²) < 4.78 is 10.9. The molecule has 0 spiro atoms. The topological polar surface area (TPSA) is 106 Å². The van der Waals surface area contributed by atoms with Gasteiger partial charge in [0.05, 0.1) is 19.1 Å². The maximum Gasteiger partial charge on any atom is 0.290 e. The molecule has 2 amide bonds. The third kappa shape index (κ3) is 4.60. The number of rotatable bonds is 8. The Kier molecular flexibility index (Phi) is 6.82. The first-order chi connectivity index (χ1) is 13.5. The van der Waals surface area contributed by atoms with E-state index in [0.717, 1.165) is 55.5 Å². The largest absolute Gasteiger partial charge is 0.493 e. The number of benzene rings is 1. The number of anilines is 1. The smallest absolute Gasteiger partial charge is 0.290 e. The number of amides is 2. The van der Waals surface area contributed by atoms with Crippen molar-refractivity contribution >= 4 is 34.7 Å². The number of methoxy groups -OCH3 is 2. The summed E-state index contributed by atoms with van der Waals surface area (Å²) >= 11 is 0.904. The van der Waals surface area contributed by atoms with Gasteiger partial charge in [-0.3, -0.25) is 14.9 Å². The fourth-order valence-electron chi connectivity index (χ4n) is 3.39. The standard InChI is InChI=1S/C19H26N4O4S/c1-26-15-8-12(9-17-18(24)22-19(25)28-17)14(10-16(15)27-2)23-7-4-13(11-23)21-6-3-5-20/h8-10,13,21H,3-7,11,20H2,1-2H3,(H,22,24,25)/t13-/m1/s1. The summed E-state index contributed by atoms with van der Waals surface area (Å²) in [6, 6.07) is 4.14. The van der Waals surface area contributed by atoms with Gasteiger partial charge in [-0.2, -0.15) is 0 Å². The van der Waals surface area contributed by atoms with Gasteiger partial charge in [0.2, 0.25) is 0 Å². The fourth-order valence-corrected chi connectivity index (χ4v) is 4.06. The van der Waals surface area contributed by atoms with Gasteiger partial charge in [-0.1, -0.05) is 0 Å². The minimum absolute atomic E-state index is 0.358. The molecule has 4 N–H and O–H groups in total. The van der Waals surface area contributed by atoms with Crippen molar-refractivity contribution in [2.24, 2.45) is 5.73 Å². The van der Waals surface area contributed by atoms with E-state index in [1.54, 1.807) is 20.3 Å². The number of carbonyl (C=O) groups is 2. The van der Waals surface area contributed by atoms with Crippen LogP contribution in [0, 0.1) is 0 Å². The first-order valence-electron chi connectivity index (χ1n) is 9.25. The number of thioether (sulfide) groups is 1. The van der Waals surface area contributed by atoms with Crippen LogP contribution in [0.25, 0.3) is 6.08 Å². The van der Waals surface area contributed by atoms with Crippen LogP contribution < -0.4 is 30.7 Å². The number of carbonyl (C=O) groups excluding carboxylic acids is 2. The molecule has 0 aliphatic carbocycles. The maximum atomic E-state index is 12.0. The van der Waals surface area contributed by atoms with Crippen molar-refractivity contribution in [3.63, 3.8) is 0 Å². The molecule has 2 fully saturated rings. The Morgan fingerprint density at radius 3 is 2.71 bits per heavy atom. The highest BCUT2D eigenvalue weighted by Crippen LogP contribution is 2.39. The second-order valence-corrected chi connectivity index (χ2v) is 7.66. The molecule has 2 saturated heterocycles. The molecular weight excluding hydrogens is 380 g/mol. The van der Waals surface area contributed by atoms with Crippen molar-refractivity contribution in [1.29, 1.82) is 0 Å². The van der Waals surface area contributed by atoms with E-state index >= 15 is 0 Å². The van der Waals surface area contributed by atoms with E-state index in [-0.39, 0.29) is 11.1 Å². The molecule has 8 nitrogen and oxygen atoms in total. The van der Waals surface area contributed by atoms with Gasteiger partial charge in [-0.25, -0.2) is 0 Å². The molecule has 0 unspecified atom stereocenters. The van der Waals surface area contributed by atoms with Crippen LogP contribution in [0.4, 0.5) is 10.5 Å². The van der Waals surface area contributed by atoms with Gasteiger partial charge < -0.3 is 25.4 Å². The Hall–Kier alpha value is -2.23. The van der Waals surface area contributed by atoms with E-state index in [2.05, 4.69) is 15.5 Å². The summed E-state index contributed by atoms with van der Waals surface area (Å²) in [4.78, 5) is 26.1. The van der Waals surface area contributed by atoms with Crippen molar-refractivity contribution in [2.75, 3.05) is 45.3 Å². The Morgan fingerprint density at radius 1 is 1.32 bits per heavy atom. The number of hydrogen-bond acceptors (Lipinski definition) is 8. The highest BCUT2D eigenvalue weighted by Gasteiger charge is 2.28. The molecule has 1 atom stereocenters. The molecule has 2 aliphatic rings. The van der Waals surface area contributed by atoms with E-state index in [1.165, 1.54) is 0 Å². The molecule has 2 heterocycles. The van der Waals surface area contributed by atoms with Gasteiger partial charge in [-0.15, -0.1) is 0 Å². The first-order valence-corrected chi connectivity index (χ1v) is 10.1. The lowest BCUT2D eigenvalue weighted by Crippen LogP contribution is -2.34. The van der Waals surface area contributed by atoms with E-state index in [1.807, 2.05) is 12.1 Å². The van der Waals surface area contributed by atoms with E-state index in [4.69, 9.17) is 15.2 Å². The number of nitrogens with one attached hydrogen (secondary N) is 2. The molecule has 0 aromatic heterocycles. The predicted octanol–water partition coefficient (Wildman–Crippen LogP) is 1.54. The third-order valence-electron chi connectivity index (χ3n) is 4.80. The average Bonchev–Trinajstić information content (AvgIpc) is 3.27. The highest BCUT2D eigenvalue weighted by atomic mass is 32.2. The normalized spacial score (nSPS) is 20.8. The molecule has 3 rings (SSSR count). The first kappa shape index (κ1) is 20.5. The summed E-state index contributed by atoms with van der Waals surface area (Å²) in [6.07, 6.45) is 3.70. The highest BCUT2D eigenvalue weighted by molar-refractivity contribution is 8.18. The molecule has 28 heavy (non-hydrogen) atoms. The maximum absolute atomic E-state index is 12.0. The summed E-state index contributed by atoms with van der Waals surface area (Å²) in [5.41, 5.74) is 7.33. The average molecular weight is 407 g/mol. The van der Waals surface area contributed by atoms with Crippen LogP contribution in [0.1, 0.15) is 18.4 Å². The zero-order valence-electron chi connectivity index (χ0n) is 16.1. The van der Waals surface area contributed by atoms with Crippen molar-refractivity contribution < 1.29 is 19.1 Å². The number of nitrogens with zero attached hydrogens (tertiary/aromatic N) is 1. The van der Waals surface area contributed by atoms with Gasteiger partial charge in [-0.05, 0) is 49.8 Å². The molecule has 0 radical (unpaired) electrons. The fraction of sp³-hybridized carbons (Fsp3) is 0.474. The van der Waals surface area contributed by atoms with E-state index in [0.29, 0.717) is 29.0 Å². The van der Waals surface area contributed by atoms with Crippen LogP contribution in [0.5, 0.6) is 11.5 Å². The summed E-state index contributed by atoms with van der Waals surface area (Å²) in [7, 11) is 3.17. The Bertz CT molecular complexity index is 783. The van der Waals surface area contributed by atoms with Crippen LogP contribution in [0.2, 0.25) is 0 Å². The predicted molar refractivity (Wildman–Crippen MR) is 111 cm³/mol. The second kappa shape index (κ2) is 9.31. The van der Waals surface area contributed by atoms with Gasteiger partial charge in [0.15, 0.2) is 11.5 Å². The number of nitrogens with two attached hydrogens (primary N) is 1. The van der Waals surface area contributed by atoms with Crippen molar-refractivity contribution in [3.05, 3.63) is 22.6 Å². The Labute approximate surface area is 168 Å². The molecule has 0 bridgehead atoms. The van der Waals surface area contributed by atoms with Crippen molar-refractivity contribution in [2.45, 2.75) is 18.9 Å². The van der Waals surface area contributed by atoms with Gasteiger partial charge in [0, 0.05) is 36.4 Å². The van der Waals surface area contributed by atoms with Gasteiger partial charge in [0.1, 0.15) is 0 Å².